The fourth-order valence-corrected chi connectivity index (χ4v) is 1.43. The van der Waals surface area contributed by atoms with Gasteiger partial charge in [-0.25, -0.2) is 0 Å². The van der Waals surface area contributed by atoms with Gasteiger partial charge in [-0.05, 0) is 25.7 Å². The predicted molar refractivity (Wildman–Crippen MR) is 54.6 cm³/mol. The largest absolute Gasteiger partial charge is 0.388 e. The van der Waals surface area contributed by atoms with Crippen LogP contribution in [0.15, 0.2) is 12.7 Å². The maximum Gasteiger partial charge on any atom is 0.237 e. The Labute approximate surface area is 84.2 Å². The molecule has 0 radical (unpaired) electrons. The predicted octanol–water partition coefficient (Wildman–Crippen LogP) is -0.0790. The van der Waals surface area contributed by atoms with Crippen molar-refractivity contribution in [3.8, 4) is 0 Å². The molecule has 0 bridgehead atoms. The molecule has 1 fully saturated rings. The molecule has 4 heteroatoms. The van der Waals surface area contributed by atoms with E-state index in [0.29, 0.717) is 13.0 Å². The number of amides is 1. The quantitative estimate of drug-likeness (QED) is 0.541. The van der Waals surface area contributed by atoms with Gasteiger partial charge < -0.3 is 16.2 Å². The lowest BCUT2D eigenvalue weighted by molar-refractivity contribution is -0.124. The van der Waals surface area contributed by atoms with E-state index in [4.69, 9.17) is 5.73 Å². The smallest absolute Gasteiger partial charge is 0.237 e. The zero-order valence-electron chi connectivity index (χ0n) is 8.33. The van der Waals surface area contributed by atoms with E-state index in [9.17, 15) is 9.90 Å². The average Bonchev–Trinajstić information content (AvgIpc) is 2.11. The Morgan fingerprint density at radius 3 is 2.79 bits per heavy atom. The van der Waals surface area contributed by atoms with Crippen LogP contribution in [0.2, 0.25) is 0 Å². The molecule has 1 saturated carbocycles. The minimum absolute atomic E-state index is 0.217. The zero-order valence-corrected chi connectivity index (χ0v) is 8.33. The van der Waals surface area contributed by atoms with Gasteiger partial charge in [0.25, 0.3) is 0 Å². The summed E-state index contributed by atoms with van der Waals surface area (Å²) < 4.78 is 0. The molecule has 4 N–H and O–H groups in total. The van der Waals surface area contributed by atoms with Crippen LogP contribution in [0.1, 0.15) is 25.7 Å². The van der Waals surface area contributed by atoms with E-state index in [1.165, 1.54) is 0 Å². The van der Waals surface area contributed by atoms with Crippen LogP contribution in [0.4, 0.5) is 0 Å². The molecule has 1 atom stereocenters. The summed E-state index contributed by atoms with van der Waals surface area (Å²) in [4.78, 5) is 11.3. The second-order valence-corrected chi connectivity index (χ2v) is 3.93. The van der Waals surface area contributed by atoms with Crippen LogP contribution in [0, 0.1) is 0 Å². The summed E-state index contributed by atoms with van der Waals surface area (Å²) in [7, 11) is 0. The fraction of sp³-hybridized carbons (Fsp3) is 0.700. The van der Waals surface area contributed by atoms with Crippen molar-refractivity contribution in [1.82, 2.24) is 5.32 Å². The fourth-order valence-electron chi connectivity index (χ4n) is 1.43. The summed E-state index contributed by atoms with van der Waals surface area (Å²) in [6.45, 7) is 3.83. The minimum atomic E-state index is -0.677. The number of aliphatic hydroxyl groups is 1. The van der Waals surface area contributed by atoms with Crippen LogP contribution in [-0.2, 0) is 4.79 Å². The minimum Gasteiger partial charge on any atom is -0.388 e. The molecule has 80 valence electrons. The van der Waals surface area contributed by atoms with Crippen molar-refractivity contribution in [1.29, 1.82) is 0 Å². The van der Waals surface area contributed by atoms with E-state index < -0.39 is 11.6 Å². The van der Waals surface area contributed by atoms with E-state index in [2.05, 4.69) is 11.9 Å². The molecular weight excluding hydrogens is 180 g/mol. The molecule has 4 nitrogen and oxygen atoms in total. The molecule has 1 unspecified atom stereocenters. The van der Waals surface area contributed by atoms with Crippen LogP contribution in [-0.4, -0.2) is 29.2 Å². The van der Waals surface area contributed by atoms with E-state index in [0.717, 1.165) is 19.3 Å². The van der Waals surface area contributed by atoms with Crippen molar-refractivity contribution in [2.24, 2.45) is 5.73 Å². The highest BCUT2D eigenvalue weighted by Crippen LogP contribution is 2.30. The normalized spacial score (nSPS) is 20.7. The standard InChI is InChI=1S/C10H18N2O2/c1-2-4-8(11)9(13)12-7-10(14)5-3-6-10/h2,8,14H,1,3-7,11H2,(H,12,13). The van der Waals surface area contributed by atoms with Crippen LogP contribution < -0.4 is 11.1 Å². The maximum absolute atomic E-state index is 11.3. The number of carbonyl (C=O) groups is 1. The topological polar surface area (TPSA) is 75.4 Å². The van der Waals surface area contributed by atoms with Gasteiger partial charge in [0.15, 0.2) is 0 Å². The summed E-state index contributed by atoms with van der Waals surface area (Å²) in [6, 6.07) is -0.545. The number of hydrogen-bond donors (Lipinski definition) is 3. The number of hydrogen-bond acceptors (Lipinski definition) is 3. The maximum atomic E-state index is 11.3. The Morgan fingerprint density at radius 1 is 1.71 bits per heavy atom. The van der Waals surface area contributed by atoms with E-state index in [-0.39, 0.29) is 5.91 Å². The molecule has 1 rings (SSSR count). The lowest BCUT2D eigenvalue weighted by atomic mass is 9.80. The molecule has 0 aromatic rings. The highest BCUT2D eigenvalue weighted by Gasteiger charge is 2.34. The van der Waals surface area contributed by atoms with Gasteiger partial charge in [0.2, 0.25) is 5.91 Å². The van der Waals surface area contributed by atoms with Crippen LogP contribution in [0.5, 0.6) is 0 Å². The Morgan fingerprint density at radius 2 is 2.36 bits per heavy atom. The molecule has 0 aliphatic heterocycles. The van der Waals surface area contributed by atoms with Crippen molar-refractivity contribution >= 4 is 5.91 Å². The second kappa shape index (κ2) is 4.57. The van der Waals surface area contributed by atoms with Crippen LogP contribution >= 0.6 is 0 Å². The van der Waals surface area contributed by atoms with Gasteiger partial charge in [0.1, 0.15) is 0 Å². The molecule has 0 saturated heterocycles. The van der Waals surface area contributed by atoms with E-state index in [1.807, 2.05) is 0 Å². The van der Waals surface area contributed by atoms with Gasteiger partial charge in [-0.1, -0.05) is 6.08 Å². The Balaban J connectivity index is 2.23. The monoisotopic (exact) mass is 198 g/mol. The van der Waals surface area contributed by atoms with Crippen molar-refractivity contribution < 1.29 is 9.90 Å². The molecule has 0 spiro atoms. The summed E-state index contributed by atoms with van der Waals surface area (Å²) >= 11 is 0. The molecule has 0 aromatic heterocycles. The first-order chi connectivity index (χ1) is 6.57. The Bertz CT molecular complexity index is 224. The van der Waals surface area contributed by atoms with Crippen molar-refractivity contribution in [3.63, 3.8) is 0 Å². The highest BCUT2D eigenvalue weighted by atomic mass is 16.3. The van der Waals surface area contributed by atoms with Crippen molar-refractivity contribution in [3.05, 3.63) is 12.7 Å². The van der Waals surface area contributed by atoms with Crippen LogP contribution in [0.25, 0.3) is 0 Å². The van der Waals surface area contributed by atoms with Gasteiger partial charge in [-0.15, -0.1) is 6.58 Å². The molecule has 1 aliphatic carbocycles. The summed E-state index contributed by atoms with van der Waals surface area (Å²) in [6.07, 6.45) is 4.64. The van der Waals surface area contributed by atoms with Crippen LogP contribution in [0.3, 0.4) is 0 Å². The summed E-state index contributed by atoms with van der Waals surface area (Å²) in [5.74, 6) is -0.217. The molecular formula is C10H18N2O2. The Hall–Kier alpha value is -0.870. The average molecular weight is 198 g/mol. The number of nitrogens with one attached hydrogen (secondary N) is 1. The number of rotatable bonds is 5. The highest BCUT2D eigenvalue weighted by molar-refractivity contribution is 5.81. The zero-order chi connectivity index (χ0) is 10.6. The number of nitrogens with two attached hydrogens (primary N) is 1. The van der Waals surface area contributed by atoms with Gasteiger partial charge in [-0.2, -0.15) is 0 Å². The summed E-state index contributed by atoms with van der Waals surface area (Å²) in [5.41, 5.74) is 4.87. The first-order valence-corrected chi connectivity index (χ1v) is 4.94. The third-order valence-corrected chi connectivity index (χ3v) is 2.63. The third kappa shape index (κ3) is 2.82. The Kier molecular flexibility index (Phi) is 3.66. The lowest BCUT2D eigenvalue weighted by Crippen LogP contribution is -2.51. The molecule has 14 heavy (non-hydrogen) atoms. The van der Waals surface area contributed by atoms with Gasteiger partial charge in [0.05, 0.1) is 11.6 Å². The summed E-state index contributed by atoms with van der Waals surface area (Å²) in [5, 5.41) is 12.3. The first kappa shape index (κ1) is 11.2. The SMILES string of the molecule is C=CCC(N)C(=O)NCC1(O)CCC1. The third-order valence-electron chi connectivity index (χ3n) is 2.63. The molecule has 1 amide bonds. The lowest BCUT2D eigenvalue weighted by Gasteiger charge is -2.36. The van der Waals surface area contributed by atoms with Crippen molar-refractivity contribution in [2.45, 2.75) is 37.3 Å². The molecule has 0 heterocycles. The molecule has 0 aromatic carbocycles. The van der Waals surface area contributed by atoms with Crippen molar-refractivity contribution in [2.75, 3.05) is 6.54 Å². The van der Waals surface area contributed by atoms with E-state index >= 15 is 0 Å². The van der Waals surface area contributed by atoms with Gasteiger partial charge >= 0.3 is 0 Å². The number of carbonyl (C=O) groups excluding carboxylic acids is 1. The van der Waals surface area contributed by atoms with E-state index in [1.54, 1.807) is 6.08 Å². The second-order valence-electron chi connectivity index (χ2n) is 3.93. The first-order valence-electron chi connectivity index (χ1n) is 4.94. The molecule has 1 aliphatic rings. The van der Waals surface area contributed by atoms with Gasteiger partial charge in [0, 0.05) is 6.54 Å². The van der Waals surface area contributed by atoms with Gasteiger partial charge in [-0.3, -0.25) is 4.79 Å².